The predicted octanol–water partition coefficient (Wildman–Crippen LogP) is 3.53. The monoisotopic (exact) mass is 262 g/mol. The van der Waals surface area contributed by atoms with Gasteiger partial charge in [0.25, 0.3) is 0 Å². The number of rotatable bonds is 6. The largest absolute Gasteiger partial charge is 0.384 e. The molecule has 0 amide bonds. The third-order valence-corrected chi connectivity index (χ3v) is 3.51. The summed E-state index contributed by atoms with van der Waals surface area (Å²) < 4.78 is 0. The highest BCUT2D eigenvalue weighted by Gasteiger charge is 2.11. The van der Waals surface area contributed by atoms with Crippen molar-refractivity contribution < 1.29 is 0 Å². The van der Waals surface area contributed by atoms with E-state index in [2.05, 4.69) is 40.5 Å². The van der Waals surface area contributed by atoms with Crippen molar-refractivity contribution in [2.45, 2.75) is 26.3 Å². The fourth-order valence-electron chi connectivity index (χ4n) is 1.77. The average Bonchev–Trinajstić information content (AvgIpc) is 2.90. The summed E-state index contributed by atoms with van der Waals surface area (Å²) >= 11 is 1.68. The van der Waals surface area contributed by atoms with Crippen LogP contribution in [0, 0.1) is 0 Å². The van der Waals surface area contributed by atoms with Gasteiger partial charge in [0.05, 0.1) is 29.8 Å². The van der Waals surface area contributed by atoms with Gasteiger partial charge in [0.15, 0.2) is 0 Å². The van der Waals surface area contributed by atoms with Gasteiger partial charge in [-0.05, 0) is 19.4 Å². The lowest BCUT2D eigenvalue weighted by Crippen LogP contribution is -2.10. The fourth-order valence-corrected chi connectivity index (χ4v) is 2.54. The normalized spacial score (nSPS) is 12.1. The summed E-state index contributed by atoms with van der Waals surface area (Å²) in [5.41, 5.74) is 2.06. The molecule has 18 heavy (non-hydrogen) atoms. The number of nitrogens with one attached hydrogen (secondary N) is 2. The molecule has 5 heteroatoms. The Bertz CT molecular complexity index is 470. The highest BCUT2D eigenvalue weighted by molar-refractivity contribution is 7.09. The highest BCUT2D eigenvalue weighted by atomic mass is 32.1. The maximum atomic E-state index is 4.36. The number of pyridine rings is 1. The zero-order valence-corrected chi connectivity index (χ0v) is 11.5. The van der Waals surface area contributed by atoms with Crippen LogP contribution in [0.2, 0.25) is 0 Å². The van der Waals surface area contributed by atoms with Crippen LogP contribution in [-0.4, -0.2) is 16.5 Å². The predicted molar refractivity (Wildman–Crippen MR) is 77.2 cm³/mol. The number of anilines is 2. The Morgan fingerprint density at radius 2 is 2.11 bits per heavy atom. The Labute approximate surface area is 111 Å². The average molecular weight is 262 g/mol. The van der Waals surface area contributed by atoms with E-state index in [1.54, 1.807) is 11.3 Å². The van der Waals surface area contributed by atoms with E-state index in [0.29, 0.717) is 0 Å². The van der Waals surface area contributed by atoms with Crippen LogP contribution in [-0.2, 0) is 0 Å². The number of hydrogen-bond donors (Lipinski definition) is 2. The van der Waals surface area contributed by atoms with Gasteiger partial charge in [-0.15, -0.1) is 11.3 Å². The van der Waals surface area contributed by atoms with Crippen molar-refractivity contribution >= 4 is 22.7 Å². The zero-order chi connectivity index (χ0) is 12.8. The lowest BCUT2D eigenvalue weighted by molar-refractivity contribution is 0.741. The first kappa shape index (κ1) is 12.8. The molecule has 0 aliphatic heterocycles. The third-order valence-electron chi connectivity index (χ3n) is 2.62. The summed E-state index contributed by atoms with van der Waals surface area (Å²) in [5.74, 6) is 0. The maximum absolute atomic E-state index is 4.36. The molecule has 2 rings (SSSR count). The van der Waals surface area contributed by atoms with E-state index < -0.39 is 0 Å². The standard InChI is InChI=1S/C13H18N4S/c1-3-12(13-16-5-6-18-13)17-11-7-10(15-4-2)8-14-9-11/h5-9,12,15,17H,3-4H2,1-2H3. The van der Waals surface area contributed by atoms with Crippen molar-refractivity contribution in [1.29, 1.82) is 0 Å². The second kappa shape index (κ2) is 6.35. The van der Waals surface area contributed by atoms with Crippen LogP contribution in [0.3, 0.4) is 0 Å². The molecular weight excluding hydrogens is 244 g/mol. The lowest BCUT2D eigenvalue weighted by atomic mass is 10.2. The molecule has 0 aliphatic carbocycles. The van der Waals surface area contributed by atoms with E-state index in [4.69, 9.17) is 0 Å². The fraction of sp³-hybridized carbons (Fsp3) is 0.385. The smallest absolute Gasteiger partial charge is 0.115 e. The quantitative estimate of drug-likeness (QED) is 0.836. The molecule has 0 bridgehead atoms. The van der Waals surface area contributed by atoms with Gasteiger partial charge in [0.1, 0.15) is 5.01 Å². The molecule has 1 atom stereocenters. The van der Waals surface area contributed by atoms with E-state index in [0.717, 1.165) is 29.3 Å². The van der Waals surface area contributed by atoms with Crippen molar-refractivity contribution in [3.05, 3.63) is 35.0 Å². The van der Waals surface area contributed by atoms with Gasteiger partial charge >= 0.3 is 0 Å². The van der Waals surface area contributed by atoms with Crippen LogP contribution in [0.4, 0.5) is 11.4 Å². The van der Waals surface area contributed by atoms with Crippen molar-refractivity contribution in [3.63, 3.8) is 0 Å². The second-order valence-corrected chi connectivity index (χ2v) is 4.89. The van der Waals surface area contributed by atoms with Crippen LogP contribution in [0.5, 0.6) is 0 Å². The number of thiazole rings is 1. The third kappa shape index (κ3) is 3.20. The Hall–Kier alpha value is -1.62. The molecule has 0 radical (unpaired) electrons. The molecule has 0 saturated heterocycles. The number of hydrogen-bond acceptors (Lipinski definition) is 5. The van der Waals surface area contributed by atoms with E-state index in [-0.39, 0.29) is 6.04 Å². The minimum Gasteiger partial charge on any atom is -0.384 e. The van der Waals surface area contributed by atoms with Crippen LogP contribution in [0.15, 0.2) is 30.0 Å². The Kier molecular flexibility index (Phi) is 4.52. The lowest BCUT2D eigenvalue weighted by Gasteiger charge is -2.16. The van der Waals surface area contributed by atoms with Crippen molar-refractivity contribution in [2.75, 3.05) is 17.2 Å². The minimum atomic E-state index is 0.253. The SMILES string of the molecule is CCNc1cncc(NC(CC)c2nccs2)c1. The molecule has 2 N–H and O–H groups in total. The molecule has 96 valence electrons. The molecule has 2 aromatic heterocycles. The summed E-state index contributed by atoms with van der Waals surface area (Å²) in [5, 5.41) is 9.86. The molecule has 4 nitrogen and oxygen atoms in total. The second-order valence-electron chi connectivity index (χ2n) is 3.97. The van der Waals surface area contributed by atoms with Gasteiger partial charge in [0.2, 0.25) is 0 Å². The Morgan fingerprint density at radius 1 is 1.28 bits per heavy atom. The molecule has 2 aromatic rings. The van der Waals surface area contributed by atoms with E-state index in [9.17, 15) is 0 Å². The maximum Gasteiger partial charge on any atom is 0.115 e. The summed E-state index contributed by atoms with van der Waals surface area (Å²) in [6, 6.07) is 2.33. The molecule has 0 aromatic carbocycles. The van der Waals surface area contributed by atoms with E-state index in [1.807, 2.05) is 24.0 Å². The Morgan fingerprint density at radius 3 is 2.78 bits per heavy atom. The van der Waals surface area contributed by atoms with Gasteiger partial charge < -0.3 is 10.6 Å². The van der Waals surface area contributed by atoms with Gasteiger partial charge in [-0.3, -0.25) is 4.98 Å². The van der Waals surface area contributed by atoms with Gasteiger partial charge in [-0.2, -0.15) is 0 Å². The first-order valence-electron chi connectivity index (χ1n) is 6.18. The summed E-state index contributed by atoms with van der Waals surface area (Å²) in [7, 11) is 0. The van der Waals surface area contributed by atoms with Gasteiger partial charge in [-0.1, -0.05) is 6.92 Å². The van der Waals surface area contributed by atoms with Crippen LogP contribution >= 0.6 is 11.3 Å². The van der Waals surface area contributed by atoms with Gasteiger partial charge in [0, 0.05) is 18.1 Å². The molecule has 2 heterocycles. The molecule has 0 aliphatic rings. The number of nitrogens with zero attached hydrogens (tertiary/aromatic N) is 2. The molecular formula is C13H18N4S. The van der Waals surface area contributed by atoms with E-state index in [1.165, 1.54) is 0 Å². The van der Waals surface area contributed by atoms with Crippen molar-refractivity contribution in [1.82, 2.24) is 9.97 Å². The molecule has 1 unspecified atom stereocenters. The van der Waals surface area contributed by atoms with Gasteiger partial charge in [-0.25, -0.2) is 4.98 Å². The summed E-state index contributed by atoms with van der Waals surface area (Å²) in [6.45, 7) is 5.12. The Balaban J connectivity index is 2.09. The minimum absolute atomic E-state index is 0.253. The van der Waals surface area contributed by atoms with Crippen molar-refractivity contribution in [2.24, 2.45) is 0 Å². The van der Waals surface area contributed by atoms with Crippen LogP contribution < -0.4 is 10.6 Å². The molecule has 0 spiro atoms. The first-order valence-corrected chi connectivity index (χ1v) is 7.06. The topological polar surface area (TPSA) is 49.8 Å². The van der Waals surface area contributed by atoms with Crippen LogP contribution in [0.25, 0.3) is 0 Å². The summed E-state index contributed by atoms with van der Waals surface area (Å²) in [6.07, 6.45) is 6.52. The molecule has 0 fully saturated rings. The van der Waals surface area contributed by atoms with Crippen LogP contribution in [0.1, 0.15) is 31.3 Å². The highest BCUT2D eigenvalue weighted by Crippen LogP contribution is 2.24. The summed E-state index contributed by atoms with van der Waals surface area (Å²) in [4.78, 5) is 8.59. The molecule has 0 saturated carbocycles. The van der Waals surface area contributed by atoms with Crippen molar-refractivity contribution in [3.8, 4) is 0 Å². The zero-order valence-electron chi connectivity index (χ0n) is 10.7. The van der Waals surface area contributed by atoms with E-state index >= 15 is 0 Å². The number of aromatic nitrogens is 2. The first-order chi connectivity index (χ1) is 8.83.